The fourth-order valence-corrected chi connectivity index (χ4v) is 2.37. The fourth-order valence-electron chi connectivity index (χ4n) is 2.37. The van der Waals surface area contributed by atoms with Crippen molar-refractivity contribution in [2.24, 2.45) is 0 Å². The van der Waals surface area contributed by atoms with Crippen LogP contribution in [0.4, 0.5) is 0 Å². The lowest BCUT2D eigenvalue weighted by Gasteiger charge is -2.18. The van der Waals surface area contributed by atoms with Crippen molar-refractivity contribution in [1.29, 1.82) is 0 Å². The fraction of sp³-hybridized carbons (Fsp3) is 0.278. The predicted octanol–water partition coefficient (Wildman–Crippen LogP) is 3.73. The normalized spacial score (nSPS) is 10.8. The first-order valence-electron chi connectivity index (χ1n) is 7.06. The van der Waals surface area contributed by atoms with E-state index in [-0.39, 0.29) is 17.9 Å². The van der Waals surface area contributed by atoms with Gasteiger partial charge in [-0.3, -0.25) is 4.79 Å². The maximum absolute atomic E-state index is 12.1. The van der Waals surface area contributed by atoms with Crippen LogP contribution >= 0.6 is 0 Å². The van der Waals surface area contributed by atoms with Crippen molar-refractivity contribution < 1.29 is 4.79 Å². The molecule has 2 heteroatoms. The average molecular weight is 267 g/mol. The highest BCUT2D eigenvalue weighted by Crippen LogP contribution is 2.27. The van der Waals surface area contributed by atoms with Gasteiger partial charge in [0.1, 0.15) is 0 Å². The van der Waals surface area contributed by atoms with Crippen LogP contribution in [0.1, 0.15) is 37.3 Å². The van der Waals surface area contributed by atoms with Crippen LogP contribution in [0, 0.1) is 0 Å². The number of amides is 1. The molecule has 2 rings (SSSR count). The van der Waals surface area contributed by atoms with Crippen LogP contribution in [-0.2, 0) is 4.79 Å². The molecule has 0 unspecified atom stereocenters. The van der Waals surface area contributed by atoms with Gasteiger partial charge in [-0.05, 0) is 25.0 Å². The average Bonchev–Trinajstić information content (AvgIpc) is 2.46. The van der Waals surface area contributed by atoms with E-state index >= 15 is 0 Å². The van der Waals surface area contributed by atoms with Gasteiger partial charge in [0.2, 0.25) is 5.91 Å². The van der Waals surface area contributed by atoms with Gasteiger partial charge in [0.25, 0.3) is 0 Å². The summed E-state index contributed by atoms with van der Waals surface area (Å²) in [7, 11) is 0. The van der Waals surface area contributed by atoms with Gasteiger partial charge in [0.15, 0.2) is 0 Å². The van der Waals surface area contributed by atoms with E-state index in [4.69, 9.17) is 0 Å². The van der Waals surface area contributed by atoms with E-state index in [1.54, 1.807) is 0 Å². The van der Waals surface area contributed by atoms with Gasteiger partial charge in [-0.2, -0.15) is 0 Å². The van der Waals surface area contributed by atoms with Crippen LogP contribution in [0.15, 0.2) is 60.7 Å². The molecule has 0 bridgehead atoms. The molecule has 1 amide bonds. The van der Waals surface area contributed by atoms with Gasteiger partial charge in [0, 0.05) is 18.4 Å². The SMILES string of the molecule is CC(C)NC(=O)CC(c1ccccc1)c1ccccc1. The van der Waals surface area contributed by atoms with Crippen LogP contribution in [0.3, 0.4) is 0 Å². The van der Waals surface area contributed by atoms with E-state index < -0.39 is 0 Å². The molecule has 20 heavy (non-hydrogen) atoms. The van der Waals surface area contributed by atoms with Crippen LogP contribution < -0.4 is 5.32 Å². The summed E-state index contributed by atoms with van der Waals surface area (Å²) in [4.78, 5) is 12.1. The highest BCUT2D eigenvalue weighted by atomic mass is 16.1. The van der Waals surface area contributed by atoms with Crippen molar-refractivity contribution in [1.82, 2.24) is 5.32 Å². The predicted molar refractivity (Wildman–Crippen MR) is 82.6 cm³/mol. The summed E-state index contributed by atoms with van der Waals surface area (Å²) >= 11 is 0. The Morgan fingerprint density at radius 3 is 1.75 bits per heavy atom. The second kappa shape index (κ2) is 6.90. The Balaban J connectivity index is 2.24. The Hall–Kier alpha value is -2.09. The van der Waals surface area contributed by atoms with E-state index in [2.05, 4.69) is 29.6 Å². The highest BCUT2D eigenvalue weighted by Gasteiger charge is 2.18. The molecule has 0 aliphatic carbocycles. The smallest absolute Gasteiger partial charge is 0.221 e. The van der Waals surface area contributed by atoms with Crippen molar-refractivity contribution in [2.45, 2.75) is 32.2 Å². The summed E-state index contributed by atoms with van der Waals surface area (Å²) in [6.45, 7) is 3.97. The van der Waals surface area contributed by atoms with Crippen molar-refractivity contribution in [3.63, 3.8) is 0 Å². The Labute approximate surface area is 120 Å². The summed E-state index contributed by atoms with van der Waals surface area (Å²) in [5, 5.41) is 2.97. The standard InChI is InChI=1S/C18H21NO/c1-14(2)19-18(20)13-17(15-9-5-3-6-10-15)16-11-7-4-8-12-16/h3-12,14,17H,13H2,1-2H3,(H,19,20). The molecule has 0 radical (unpaired) electrons. The first-order chi connectivity index (χ1) is 9.66. The van der Waals surface area contributed by atoms with Crippen LogP contribution in [0.25, 0.3) is 0 Å². The monoisotopic (exact) mass is 267 g/mol. The molecule has 2 aromatic rings. The molecule has 1 N–H and O–H groups in total. The molecule has 0 saturated carbocycles. The number of carbonyl (C=O) groups is 1. The van der Waals surface area contributed by atoms with Gasteiger partial charge >= 0.3 is 0 Å². The zero-order valence-electron chi connectivity index (χ0n) is 12.0. The van der Waals surface area contributed by atoms with Crippen molar-refractivity contribution >= 4 is 5.91 Å². The number of carbonyl (C=O) groups excluding carboxylic acids is 1. The van der Waals surface area contributed by atoms with Gasteiger partial charge in [-0.1, -0.05) is 60.7 Å². The van der Waals surface area contributed by atoms with Gasteiger partial charge in [-0.25, -0.2) is 0 Å². The lowest BCUT2D eigenvalue weighted by molar-refractivity contribution is -0.121. The zero-order chi connectivity index (χ0) is 14.4. The highest BCUT2D eigenvalue weighted by molar-refractivity contribution is 5.77. The lowest BCUT2D eigenvalue weighted by atomic mass is 9.88. The minimum absolute atomic E-state index is 0.0951. The molecule has 2 nitrogen and oxygen atoms in total. The van der Waals surface area contributed by atoms with E-state index in [0.29, 0.717) is 6.42 Å². The molecule has 0 atom stereocenters. The van der Waals surface area contributed by atoms with Gasteiger partial charge < -0.3 is 5.32 Å². The number of hydrogen-bond donors (Lipinski definition) is 1. The molecule has 104 valence electrons. The summed E-state index contributed by atoms with van der Waals surface area (Å²) in [5.74, 6) is 0.203. The van der Waals surface area contributed by atoms with Crippen LogP contribution in [0.2, 0.25) is 0 Å². The summed E-state index contributed by atoms with van der Waals surface area (Å²) in [6, 6.07) is 20.6. The largest absolute Gasteiger partial charge is 0.354 e. The third-order valence-electron chi connectivity index (χ3n) is 3.24. The topological polar surface area (TPSA) is 29.1 Å². The van der Waals surface area contributed by atoms with Crippen molar-refractivity contribution in [3.8, 4) is 0 Å². The third-order valence-corrected chi connectivity index (χ3v) is 3.24. The molecule has 0 heterocycles. The van der Waals surface area contributed by atoms with E-state index in [1.807, 2.05) is 50.2 Å². The van der Waals surface area contributed by atoms with Crippen molar-refractivity contribution in [3.05, 3.63) is 71.8 Å². The quantitative estimate of drug-likeness (QED) is 0.878. The number of hydrogen-bond acceptors (Lipinski definition) is 1. The first kappa shape index (κ1) is 14.3. The Morgan fingerprint density at radius 2 is 1.35 bits per heavy atom. The van der Waals surface area contributed by atoms with Crippen LogP contribution in [0.5, 0.6) is 0 Å². The molecule has 0 aliphatic rings. The molecule has 0 fully saturated rings. The molecule has 0 saturated heterocycles. The molecular weight excluding hydrogens is 246 g/mol. The second-order valence-corrected chi connectivity index (χ2v) is 5.30. The zero-order valence-corrected chi connectivity index (χ0v) is 12.0. The van der Waals surface area contributed by atoms with Crippen molar-refractivity contribution in [2.75, 3.05) is 0 Å². The van der Waals surface area contributed by atoms with E-state index in [0.717, 1.165) is 0 Å². The van der Waals surface area contributed by atoms with Gasteiger partial charge in [0.05, 0.1) is 0 Å². The van der Waals surface area contributed by atoms with E-state index in [1.165, 1.54) is 11.1 Å². The summed E-state index contributed by atoms with van der Waals surface area (Å²) in [5.41, 5.74) is 2.36. The second-order valence-electron chi connectivity index (χ2n) is 5.30. The number of nitrogens with one attached hydrogen (secondary N) is 1. The maximum Gasteiger partial charge on any atom is 0.221 e. The Bertz CT molecular complexity index is 494. The number of benzene rings is 2. The Kier molecular flexibility index (Phi) is 4.94. The molecule has 0 aliphatic heterocycles. The van der Waals surface area contributed by atoms with E-state index in [9.17, 15) is 4.79 Å². The molecule has 2 aromatic carbocycles. The summed E-state index contributed by atoms with van der Waals surface area (Å²) in [6.07, 6.45) is 0.478. The Morgan fingerprint density at radius 1 is 0.900 bits per heavy atom. The van der Waals surface area contributed by atoms with Gasteiger partial charge in [-0.15, -0.1) is 0 Å². The third kappa shape index (κ3) is 3.95. The lowest BCUT2D eigenvalue weighted by Crippen LogP contribution is -2.31. The molecule has 0 aromatic heterocycles. The maximum atomic E-state index is 12.1. The van der Waals surface area contributed by atoms with Crippen LogP contribution in [-0.4, -0.2) is 11.9 Å². The molecular formula is C18H21NO. The summed E-state index contributed by atoms with van der Waals surface area (Å²) < 4.78 is 0. The minimum Gasteiger partial charge on any atom is -0.354 e. The minimum atomic E-state index is 0.0951. The molecule has 0 spiro atoms. The number of rotatable bonds is 5. The first-order valence-corrected chi connectivity index (χ1v) is 7.06.